The van der Waals surface area contributed by atoms with Gasteiger partial charge in [-0.15, -0.1) is 0 Å². The van der Waals surface area contributed by atoms with Gasteiger partial charge in [0.15, 0.2) is 0 Å². The second-order valence-electron chi connectivity index (χ2n) is 5.92. The Kier molecular flexibility index (Phi) is 6.02. The van der Waals surface area contributed by atoms with Gasteiger partial charge < -0.3 is 14.5 Å². The second kappa shape index (κ2) is 7.99. The Bertz CT molecular complexity index is 559. The van der Waals surface area contributed by atoms with Crippen LogP contribution in [0.1, 0.15) is 33.1 Å². The first-order valence-electron chi connectivity index (χ1n) is 8.35. The van der Waals surface area contributed by atoms with E-state index >= 15 is 0 Å². The van der Waals surface area contributed by atoms with Gasteiger partial charge in [0.25, 0.3) is 0 Å². The van der Waals surface area contributed by atoms with E-state index in [0.717, 1.165) is 25.1 Å². The molecule has 0 radical (unpaired) electrons. The summed E-state index contributed by atoms with van der Waals surface area (Å²) in [6, 6.07) is 7.50. The fraction of sp³-hybridized carbons (Fsp3) is 0.556. The van der Waals surface area contributed by atoms with Crippen LogP contribution in [0, 0.1) is 5.92 Å². The molecule has 2 amide bonds. The molecule has 1 aliphatic rings. The van der Waals surface area contributed by atoms with E-state index in [9.17, 15) is 9.59 Å². The van der Waals surface area contributed by atoms with Gasteiger partial charge in [-0.2, -0.15) is 0 Å². The van der Waals surface area contributed by atoms with E-state index in [1.165, 1.54) is 0 Å². The first-order valence-corrected chi connectivity index (χ1v) is 8.35. The molecule has 1 atom stereocenters. The van der Waals surface area contributed by atoms with Crippen LogP contribution in [0.2, 0.25) is 0 Å². The minimum absolute atomic E-state index is 0.0144. The molecule has 1 heterocycles. The molecular weight excluding hydrogens is 292 g/mol. The van der Waals surface area contributed by atoms with Crippen LogP contribution in [0.5, 0.6) is 5.75 Å². The van der Waals surface area contributed by atoms with Crippen LogP contribution in [0.4, 0.5) is 5.69 Å². The summed E-state index contributed by atoms with van der Waals surface area (Å²) in [6.45, 7) is 5.73. The zero-order chi connectivity index (χ0) is 16.8. The van der Waals surface area contributed by atoms with Crippen molar-refractivity contribution < 1.29 is 14.3 Å². The monoisotopic (exact) mass is 318 g/mol. The molecule has 0 bridgehead atoms. The van der Waals surface area contributed by atoms with E-state index in [1.807, 2.05) is 38.2 Å². The predicted octanol–water partition coefficient (Wildman–Crippen LogP) is 2.70. The lowest BCUT2D eigenvalue weighted by Crippen LogP contribution is -2.35. The highest BCUT2D eigenvalue weighted by Gasteiger charge is 2.37. The lowest BCUT2D eigenvalue weighted by Gasteiger charge is -2.22. The molecular formula is C18H26N2O3. The van der Waals surface area contributed by atoms with Crippen molar-refractivity contribution in [1.82, 2.24) is 4.90 Å². The minimum Gasteiger partial charge on any atom is -0.492 e. The first kappa shape index (κ1) is 17.3. The normalized spacial score (nSPS) is 17.4. The third-order valence-electron chi connectivity index (χ3n) is 4.15. The second-order valence-corrected chi connectivity index (χ2v) is 5.92. The van der Waals surface area contributed by atoms with Crippen LogP contribution in [-0.4, -0.2) is 43.5 Å². The van der Waals surface area contributed by atoms with Crippen LogP contribution in [0.15, 0.2) is 24.3 Å². The van der Waals surface area contributed by atoms with Gasteiger partial charge in [-0.25, -0.2) is 0 Å². The largest absolute Gasteiger partial charge is 0.492 e. The van der Waals surface area contributed by atoms with Gasteiger partial charge >= 0.3 is 0 Å². The van der Waals surface area contributed by atoms with Crippen molar-refractivity contribution in [2.24, 2.45) is 5.92 Å². The van der Waals surface area contributed by atoms with Gasteiger partial charge in [0.2, 0.25) is 11.8 Å². The quantitative estimate of drug-likeness (QED) is 0.776. The first-order chi connectivity index (χ1) is 11.1. The molecule has 0 spiro atoms. The molecule has 23 heavy (non-hydrogen) atoms. The highest BCUT2D eigenvalue weighted by atomic mass is 16.5. The van der Waals surface area contributed by atoms with Crippen LogP contribution in [0.3, 0.4) is 0 Å². The maximum atomic E-state index is 12.5. The Labute approximate surface area is 138 Å². The van der Waals surface area contributed by atoms with E-state index in [1.54, 1.807) is 9.80 Å². The van der Waals surface area contributed by atoms with E-state index in [-0.39, 0.29) is 24.2 Å². The molecule has 1 aromatic carbocycles. The number of carbonyl (C=O) groups excluding carboxylic acids is 2. The molecule has 126 valence electrons. The average molecular weight is 318 g/mol. The molecule has 1 aliphatic heterocycles. The summed E-state index contributed by atoms with van der Waals surface area (Å²) < 4.78 is 5.60. The average Bonchev–Trinajstić information content (AvgIpc) is 2.94. The van der Waals surface area contributed by atoms with E-state index in [0.29, 0.717) is 18.9 Å². The Balaban J connectivity index is 2.10. The lowest BCUT2D eigenvalue weighted by atomic mass is 10.1. The smallest absolute Gasteiger partial charge is 0.227 e. The summed E-state index contributed by atoms with van der Waals surface area (Å²) >= 11 is 0. The summed E-state index contributed by atoms with van der Waals surface area (Å²) in [6.07, 6.45) is 2.31. The Morgan fingerprint density at radius 2 is 2.09 bits per heavy atom. The van der Waals surface area contributed by atoms with Gasteiger partial charge in [0.05, 0.1) is 18.2 Å². The van der Waals surface area contributed by atoms with Crippen LogP contribution < -0.4 is 9.64 Å². The Morgan fingerprint density at radius 1 is 1.35 bits per heavy atom. The Hall–Kier alpha value is -2.04. The lowest BCUT2D eigenvalue weighted by molar-refractivity contribution is -0.134. The molecule has 0 saturated carbocycles. The number of benzene rings is 1. The molecule has 0 N–H and O–H groups in total. The molecule has 0 aromatic heterocycles. The number of nitrogens with zero attached hydrogens (tertiary/aromatic N) is 2. The van der Waals surface area contributed by atoms with E-state index in [2.05, 4.69) is 6.92 Å². The van der Waals surface area contributed by atoms with Gasteiger partial charge in [-0.05, 0) is 25.5 Å². The Morgan fingerprint density at radius 3 is 2.78 bits per heavy atom. The topological polar surface area (TPSA) is 49.9 Å². The summed E-state index contributed by atoms with van der Waals surface area (Å²) in [5, 5.41) is 0. The number of anilines is 1. The van der Waals surface area contributed by atoms with Crippen molar-refractivity contribution in [2.75, 3.05) is 31.6 Å². The van der Waals surface area contributed by atoms with Crippen LogP contribution in [-0.2, 0) is 9.59 Å². The maximum Gasteiger partial charge on any atom is 0.227 e. The minimum atomic E-state index is -0.265. The highest BCUT2D eigenvalue weighted by Crippen LogP contribution is 2.33. The summed E-state index contributed by atoms with van der Waals surface area (Å²) in [4.78, 5) is 28.3. The van der Waals surface area contributed by atoms with Crippen molar-refractivity contribution in [3.8, 4) is 5.75 Å². The molecule has 5 heteroatoms. The summed E-state index contributed by atoms with van der Waals surface area (Å²) in [7, 11) is 1.82. The summed E-state index contributed by atoms with van der Waals surface area (Å²) in [5.74, 6) is 0.470. The van der Waals surface area contributed by atoms with Crippen molar-refractivity contribution in [2.45, 2.75) is 33.1 Å². The number of hydrogen-bond donors (Lipinski definition) is 0. The fourth-order valence-corrected chi connectivity index (χ4v) is 2.88. The highest BCUT2D eigenvalue weighted by molar-refractivity contribution is 6.01. The molecule has 1 saturated heterocycles. The van der Waals surface area contributed by atoms with Crippen molar-refractivity contribution in [3.05, 3.63) is 24.3 Å². The number of amides is 2. The number of carbonyl (C=O) groups is 2. The number of para-hydroxylation sites is 2. The zero-order valence-electron chi connectivity index (χ0n) is 14.2. The SMILES string of the molecule is CCCCN(C)C(=O)C1CC(=O)N(c2ccccc2OCC)C1. The number of unbranched alkanes of at least 4 members (excludes halogenated alkanes) is 1. The molecule has 2 rings (SSSR count). The molecule has 0 aliphatic carbocycles. The van der Waals surface area contributed by atoms with E-state index in [4.69, 9.17) is 4.74 Å². The van der Waals surface area contributed by atoms with Crippen molar-refractivity contribution >= 4 is 17.5 Å². The van der Waals surface area contributed by atoms with Gasteiger partial charge in [-0.1, -0.05) is 25.5 Å². The standard InChI is InChI=1S/C18H26N2O3/c1-4-6-11-19(3)18(22)14-12-17(21)20(13-14)15-9-7-8-10-16(15)23-5-2/h7-10,14H,4-6,11-13H2,1-3H3. The third-order valence-corrected chi connectivity index (χ3v) is 4.15. The molecule has 1 unspecified atom stereocenters. The van der Waals surface area contributed by atoms with Crippen molar-refractivity contribution in [1.29, 1.82) is 0 Å². The number of hydrogen-bond acceptors (Lipinski definition) is 3. The molecule has 5 nitrogen and oxygen atoms in total. The van der Waals surface area contributed by atoms with Gasteiger partial charge in [-0.3, -0.25) is 9.59 Å². The molecule has 1 aromatic rings. The van der Waals surface area contributed by atoms with Gasteiger partial charge in [0, 0.05) is 26.6 Å². The van der Waals surface area contributed by atoms with Crippen LogP contribution in [0.25, 0.3) is 0 Å². The summed E-state index contributed by atoms with van der Waals surface area (Å²) in [5.41, 5.74) is 0.755. The van der Waals surface area contributed by atoms with Gasteiger partial charge in [0.1, 0.15) is 5.75 Å². The predicted molar refractivity (Wildman–Crippen MR) is 90.6 cm³/mol. The number of ether oxygens (including phenoxy) is 1. The number of rotatable bonds is 7. The maximum absolute atomic E-state index is 12.5. The molecule has 1 fully saturated rings. The van der Waals surface area contributed by atoms with E-state index < -0.39 is 0 Å². The fourth-order valence-electron chi connectivity index (χ4n) is 2.88. The van der Waals surface area contributed by atoms with Crippen molar-refractivity contribution in [3.63, 3.8) is 0 Å². The zero-order valence-corrected chi connectivity index (χ0v) is 14.2. The van der Waals surface area contributed by atoms with Crippen LogP contribution >= 0.6 is 0 Å². The third kappa shape index (κ3) is 4.03.